The van der Waals surface area contributed by atoms with E-state index in [2.05, 4.69) is 12.2 Å². The number of allylic oxidation sites excluding steroid dienone is 2. The Kier molecular flexibility index (Phi) is 4.04. The highest BCUT2D eigenvalue weighted by Crippen LogP contribution is 2.68. The Morgan fingerprint density at radius 1 is 0.643 bits per heavy atom. The molecule has 0 radical (unpaired) electrons. The summed E-state index contributed by atoms with van der Waals surface area (Å²) in [7, 11) is 0. The summed E-state index contributed by atoms with van der Waals surface area (Å²) in [4.78, 5) is 55.0. The molecule has 2 aliphatic heterocycles. The van der Waals surface area contributed by atoms with Crippen LogP contribution in [0.15, 0.2) is 12.2 Å². The maximum Gasteiger partial charge on any atom is 0.233 e. The fourth-order valence-electron chi connectivity index (χ4n) is 6.80. The third kappa shape index (κ3) is 2.04. The fraction of sp³-hybridized carbons (Fsp3) is 0.727. The van der Waals surface area contributed by atoms with Crippen LogP contribution >= 0.6 is 0 Å². The third-order valence-electron chi connectivity index (χ3n) is 8.00. The summed E-state index contributed by atoms with van der Waals surface area (Å²) in [6, 6.07) is 0. The Hall–Kier alpha value is -1.98. The molecule has 6 nitrogen and oxygen atoms in total. The number of likely N-dealkylation sites (tertiary alicyclic amines) is 2. The molecular weight excluding hydrogens is 356 g/mol. The maximum absolute atomic E-state index is 13.1. The van der Waals surface area contributed by atoms with E-state index in [0.717, 1.165) is 25.7 Å². The molecule has 2 saturated heterocycles. The smallest absolute Gasteiger partial charge is 0.233 e. The van der Waals surface area contributed by atoms with Gasteiger partial charge in [-0.2, -0.15) is 0 Å². The van der Waals surface area contributed by atoms with Gasteiger partial charge in [-0.1, -0.05) is 38.8 Å². The van der Waals surface area contributed by atoms with Gasteiger partial charge in [-0.15, -0.1) is 0 Å². The molecule has 0 spiro atoms. The number of hydrogen-bond donors (Lipinski definition) is 0. The Bertz CT molecular complexity index is 733. The summed E-state index contributed by atoms with van der Waals surface area (Å²) >= 11 is 0. The summed E-state index contributed by atoms with van der Waals surface area (Å²) in [5.41, 5.74) is 0. The van der Waals surface area contributed by atoms with Crippen molar-refractivity contribution in [3.63, 3.8) is 0 Å². The summed E-state index contributed by atoms with van der Waals surface area (Å²) in [5.74, 6) is -1.44. The monoisotopic (exact) mass is 384 g/mol. The summed E-state index contributed by atoms with van der Waals surface area (Å²) in [5, 5.41) is 0. The lowest BCUT2D eigenvalue weighted by Gasteiger charge is -2.60. The van der Waals surface area contributed by atoms with Gasteiger partial charge in [0.2, 0.25) is 23.6 Å². The van der Waals surface area contributed by atoms with E-state index in [1.54, 1.807) is 0 Å². The minimum absolute atomic E-state index is 0.0400. The molecule has 6 aliphatic rings. The fourth-order valence-corrected chi connectivity index (χ4v) is 6.80. The molecule has 4 amide bonds. The van der Waals surface area contributed by atoms with E-state index in [9.17, 15) is 19.2 Å². The topological polar surface area (TPSA) is 74.8 Å². The van der Waals surface area contributed by atoms with Crippen molar-refractivity contribution in [2.75, 3.05) is 13.1 Å². The molecule has 6 heteroatoms. The molecule has 2 saturated carbocycles. The molecular formula is C22H28N2O4. The van der Waals surface area contributed by atoms with Crippen LogP contribution in [0, 0.1) is 47.3 Å². The number of rotatable bonds is 6. The number of fused-ring (bicyclic) bond motifs is 1. The van der Waals surface area contributed by atoms with Crippen molar-refractivity contribution in [3.8, 4) is 0 Å². The van der Waals surface area contributed by atoms with E-state index >= 15 is 0 Å². The van der Waals surface area contributed by atoms with Crippen LogP contribution in [-0.4, -0.2) is 46.5 Å². The largest absolute Gasteiger partial charge is 0.282 e. The summed E-state index contributed by atoms with van der Waals surface area (Å²) < 4.78 is 0. The van der Waals surface area contributed by atoms with Crippen LogP contribution in [0.4, 0.5) is 0 Å². The molecule has 28 heavy (non-hydrogen) atoms. The molecule has 0 N–H and O–H groups in total. The van der Waals surface area contributed by atoms with Gasteiger partial charge < -0.3 is 0 Å². The van der Waals surface area contributed by atoms with Gasteiger partial charge in [-0.3, -0.25) is 29.0 Å². The second-order valence-electron chi connectivity index (χ2n) is 9.16. The van der Waals surface area contributed by atoms with Crippen LogP contribution in [0.1, 0.15) is 39.5 Å². The molecule has 4 aliphatic carbocycles. The van der Waals surface area contributed by atoms with Gasteiger partial charge in [0.25, 0.3) is 0 Å². The molecule has 4 fully saturated rings. The van der Waals surface area contributed by atoms with Crippen LogP contribution in [0.2, 0.25) is 0 Å². The van der Waals surface area contributed by atoms with E-state index in [0.29, 0.717) is 13.1 Å². The number of carbonyl (C=O) groups excluding carboxylic acids is 4. The van der Waals surface area contributed by atoms with Crippen molar-refractivity contribution in [1.82, 2.24) is 9.80 Å². The first kappa shape index (κ1) is 18.1. The van der Waals surface area contributed by atoms with Crippen LogP contribution in [-0.2, 0) is 19.2 Å². The maximum atomic E-state index is 13.1. The molecule has 0 aromatic heterocycles. The van der Waals surface area contributed by atoms with Crippen molar-refractivity contribution in [2.45, 2.75) is 39.5 Å². The summed E-state index contributed by atoms with van der Waals surface area (Å²) in [6.07, 6.45) is 7.66. The van der Waals surface area contributed by atoms with Crippen molar-refractivity contribution in [1.29, 1.82) is 0 Å². The zero-order valence-corrected chi connectivity index (χ0v) is 16.5. The van der Waals surface area contributed by atoms with Crippen molar-refractivity contribution >= 4 is 23.6 Å². The molecule has 2 heterocycles. The van der Waals surface area contributed by atoms with Gasteiger partial charge in [-0.05, 0) is 36.5 Å². The average molecular weight is 384 g/mol. The second-order valence-corrected chi connectivity index (χ2v) is 9.16. The van der Waals surface area contributed by atoms with Crippen LogP contribution < -0.4 is 0 Å². The Morgan fingerprint density at radius 3 is 1.36 bits per heavy atom. The van der Waals surface area contributed by atoms with Gasteiger partial charge >= 0.3 is 0 Å². The van der Waals surface area contributed by atoms with Crippen LogP contribution in [0.25, 0.3) is 0 Å². The highest BCUT2D eigenvalue weighted by molar-refractivity contribution is 6.09. The second kappa shape index (κ2) is 6.26. The first-order chi connectivity index (χ1) is 13.5. The molecule has 0 aromatic carbocycles. The first-order valence-electron chi connectivity index (χ1n) is 10.9. The molecule has 2 bridgehead atoms. The van der Waals surface area contributed by atoms with Crippen LogP contribution in [0.5, 0.6) is 0 Å². The minimum atomic E-state index is -0.325. The lowest BCUT2D eigenvalue weighted by molar-refractivity contribution is -0.166. The Labute approximate surface area is 165 Å². The number of amides is 4. The molecule has 150 valence electrons. The molecule has 8 atom stereocenters. The zero-order chi connectivity index (χ0) is 19.7. The van der Waals surface area contributed by atoms with E-state index in [-0.39, 0.29) is 71.0 Å². The quantitative estimate of drug-likeness (QED) is 0.517. The first-order valence-corrected chi connectivity index (χ1v) is 10.9. The van der Waals surface area contributed by atoms with Crippen molar-refractivity contribution in [2.24, 2.45) is 47.3 Å². The highest BCUT2D eigenvalue weighted by atomic mass is 16.2. The number of hydrogen-bond acceptors (Lipinski definition) is 4. The van der Waals surface area contributed by atoms with Gasteiger partial charge in [0.1, 0.15) is 0 Å². The third-order valence-corrected chi connectivity index (χ3v) is 8.00. The highest BCUT2D eigenvalue weighted by Gasteiger charge is 2.74. The van der Waals surface area contributed by atoms with Gasteiger partial charge in [0, 0.05) is 13.1 Å². The average Bonchev–Trinajstić information content (AvgIpc) is 3.03. The van der Waals surface area contributed by atoms with Crippen LogP contribution in [0.3, 0.4) is 0 Å². The zero-order valence-electron chi connectivity index (χ0n) is 16.5. The number of nitrogens with zero attached hydrogens (tertiary/aromatic N) is 2. The van der Waals surface area contributed by atoms with Crippen molar-refractivity contribution < 1.29 is 19.2 Å². The minimum Gasteiger partial charge on any atom is -0.282 e. The van der Waals surface area contributed by atoms with E-state index in [1.807, 2.05) is 13.8 Å². The predicted molar refractivity (Wildman–Crippen MR) is 100 cm³/mol. The van der Waals surface area contributed by atoms with Gasteiger partial charge in [-0.25, -0.2) is 0 Å². The molecule has 0 aromatic rings. The lowest BCUT2D eigenvalue weighted by atomic mass is 9.40. The SMILES string of the molecule is CCCCN1C(=O)[C@@H]2[C@@H](C1=O)[C@@H]1[C@@H]3C=C[C@@H]([C@@H]4C(=O)N(CCCC)C(=O)[C@H]34)[C@H]21. The predicted octanol–water partition coefficient (Wildman–Crippen LogP) is 1.85. The summed E-state index contributed by atoms with van der Waals surface area (Å²) in [6.45, 7) is 5.09. The number of imide groups is 2. The molecule has 6 rings (SSSR count). The van der Waals surface area contributed by atoms with Gasteiger partial charge in [0.05, 0.1) is 23.7 Å². The van der Waals surface area contributed by atoms with E-state index < -0.39 is 0 Å². The van der Waals surface area contributed by atoms with E-state index in [1.165, 1.54) is 9.80 Å². The normalized spacial score (nSPS) is 42.8. The number of carbonyl (C=O) groups is 4. The van der Waals surface area contributed by atoms with E-state index in [4.69, 9.17) is 0 Å². The standard InChI is InChI=1S/C22H28N2O4/c1-3-5-9-23-19(25)15-11-7-8-12(16(15)20(23)26)14-13(11)17-18(14)22(28)24(21(17)27)10-6-4-2/h7-8,11-18H,3-6,9-10H2,1-2H3/t11-,12+,13+,14-,15+,16-,17-,18-/m0/s1. The lowest BCUT2D eigenvalue weighted by Crippen LogP contribution is -2.63. The van der Waals surface area contributed by atoms with Crippen molar-refractivity contribution in [3.05, 3.63) is 12.2 Å². The Balaban J connectivity index is 1.45. The number of unbranched alkanes of at least 4 members (excludes halogenated alkanes) is 2. The Morgan fingerprint density at radius 2 is 1.00 bits per heavy atom. The van der Waals surface area contributed by atoms with Gasteiger partial charge in [0.15, 0.2) is 0 Å². The molecule has 0 unspecified atom stereocenters.